The van der Waals surface area contributed by atoms with Crippen molar-refractivity contribution in [3.8, 4) is 0 Å². The maximum Gasteiger partial charge on any atom is 0.252 e. The SMILES string of the molecule is Cc1cc(C)c(C)c(C(=O)NCc2ccnn2C)c1C. The number of carbonyl (C=O) groups excluding carboxylic acids is 1. The molecule has 0 spiro atoms. The van der Waals surface area contributed by atoms with Crippen LogP contribution in [0, 0.1) is 27.7 Å². The molecule has 0 aliphatic heterocycles. The molecule has 1 heterocycles. The van der Waals surface area contributed by atoms with E-state index in [0.29, 0.717) is 6.54 Å². The summed E-state index contributed by atoms with van der Waals surface area (Å²) >= 11 is 0. The van der Waals surface area contributed by atoms with Crippen LogP contribution in [-0.2, 0) is 13.6 Å². The number of nitrogens with zero attached hydrogens (tertiary/aromatic N) is 2. The van der Waals surface area contributed by atoms with Gasteiger partial charge in [0, 0.05) is 18.8 Å². The van der Waals surface area contributed by atoms with Crippen molar-refractivity contribution in [1.29, 1.82) is 0 Å². The van der Waals surface area contributed by atoms with Crippen LogP contribution >= 0.6 is 0 Å². The lowest BCUT2D eigenvalue weighted by Crippen LogP contribution is -2.26. The van der Waals surface area contributed by atoms with Crippen LogP contribution in [0.15, 0.2) is 18.3 Å². The molecule has 0 saturated heterocycles. The van der Waals surface area contributed by atoms with Crippen LogP contribution in [-0.4, -0.2) is 15.7 Å². The van der Waals surface area contributed by atoms with E-state index in [2.05, 4.69) is 16.5 Å². The van der Waals surface area contributed by atoms with E-state index in [4.69, 9.17) is 0 Å². The van der Waals surface area contributed by atoms with Crippen molar-refractivity contribution in [1.82, 2.24) is 15.1 Å². The van der Waals surface area contributed by atoms with Crippen LogP contribution in [0.2, 0.25) is 0 Å². The fraction of sp³-hybridized carbons (Fsp3) is 0.375. The van der Waals surface area contributed by atoms with E-state index < -0.39 is 0 Å². The summed E-state index contributed by atoms with van der Waals surface area (Å²) < 4.78 is 1.77. The molecule has 4 heteroatoms. The maximum absolute atomic E-state index is 12.5. The molecule has 0 radical (unpaired) electrons. The Morgan fingerprint density at radius 1 is 1.20 bits per heavy atom. The highest BCUT2D eigenvalue weighted by Gasteiger charge is 2.15. The summed E-state index contributed by atoms with van der Waals surface area (Å²) in [6.45, 7) is 8.57. The van der Waals surface area contributed by atoms with Crippen molar-refractivity contribution >= 4 is 5.91 Å². The van der Waals surface area contributed by atoms with E-state index in [9.17, 15) is 4.79 Å². The second-order valence-corrected chi connectivity index (χ2v) is 5.26. The summed E-state index contributed by atoms with van der Waals surface area (Å²) in [6.07, 6.45) is 1.73. The molecule has 0 fully saturated rings. The van der Waals surface area contributed by atoms with Crippen molar-refractivity contribution in [3.63, 3.8) is 0 Å². The Labute approximate surface area is 119 Å². The third kappa shape index (κ3) is 2.59. The zero-order valence-electron chi connectivity index (χ0n) is 12.7. The highest BCUT2D eigenvalue weighted by Crippen LogP contribution is 2.21. The fourth-order valence-electron chi connectivity index (χ4n) is 2.39. The van der Waals surface area contributed by atoms with Gasteiger partial charge in [0.05, 0.1) is 12.2 Å². The molecule has 1 N–H and O–H groups in total. The first-order chi connectivity index (χ1) is 9.41. The molecule has 4 nitrogen and oxygen atoms in total. The molecule has 0 atom stereocenters. The van der Waals surface area contributed by atoms with Crippen LogP contribution in [0.3, 0.4) is 0 Å². The van der Waals surface area contributed by atoms with Crippen molar-refractivity contribution in [2.24, 2.45) is 7.05 Å². The lowest BCUT2D eigenvalue weighted by atomic mass is 9.94. The zero-order valence-corrected chi connectivity index (χ0v) is 12.7. The van der Waals surface area contributed by atoms with Gasteiger partial charge in [0.1, 0.15) is 0 Å². The van der Waals surface area contributed by atoms with Gasteiger partial charge in [-0.05, 0) is 56.0 Å². The van der Waals surface area contributed by atoms with E-state index in [0.717, 1.165) is 33.5 Å². The first-order valence-corrected chi connectivity index (χ1v) is 6.74. The van der Waals surface area contributed by atoms with Gasteiger partial charge in [-0.1, -0.05) is 6.07 Å². The van der Waals surface area contributed by atoms with Crippen LogP contribution in [0.5, 0.6) is 0 Å². The van der Waals surface area contributed by atoms with Crippen molar-refractivity contribution < 1.29 is 4.79 Å². The quantitative estimate of drug-likeness (QED) is 0.932. The lowest BCUT2D eigenvalue weighted by Gasteiger charge is -2.15. The fourth-order valence-corrected chi connectivity index (χ4v) is 2.39. The minimum Gasteiger partial charge on any atom is -0.346 e. The van der Waals surface area contributed by atoms with Crippen LogP contribution < -0.4 is 5.32 Å². The standard InChI is InChI=1S/C16H21N3O/c1-10-8-11(2)13(4)15(12(10)3)16(20)17-9-14-6-7-18-19(14)5/h6-8H,9H2,1-5H3,(H,17,20). The Morgan fingerprint density at radius 3 is 2.30 bits per heavy atom. The van der Waals surface area contributed by atoms with E-state index >= 15 is 0 Å². The Bertz CT molecular complexity index is 630. The van der Waals surface area contributed by atoms with Gasteiger partial charge in [-0.15, -0.1) is 0 Å². The van der Waals surface area contributed by atoms with Gasteiger partial charge in [-0.25, -0.2) is 0 Å². The number of nitrogens with one attached hydrogen (secondary N) is 1. The molecule has 1 aromatic heterocycles. The number of aryl methyl sites for hydroxylation is 3. The van der Waals surface area contributed by atoms with Gasteiger partial charge in [0.25, 0.3) is 5.91 Å². The summed E-state index contributed by atoms with van der Waals surface area (Å²) in [5.41, 5.74) is 6.19. The predicted octanol–water partition coefficient (Wildman–Crippen LogP) is 2.58. The molecule has 0 unspecified atom stereocenters. The average Bonchev–Trinajstić information content (AvgIpc) is 2.80. The summed E-state index contributed by atoms with van der Waals surface area (Å²) in [7, 11) is 1.87. The molecule has 1 aromatic carbocycles. The smallest absolute Gasteiger partial charge is 0.252 e. The molecule has 0 saturated carbocycles. The van der Waals surface area contributed by atoms with E-state index in [1.165, 1.54) is 0 Å². The van der Waals surface area contributed by atoms with Gasteiger partial charge in [-0.3, -0.25) is 9.48 Å². The molecular formula is C16H21N3O. The average molecular weight is 271 g/mol. The first kappa shape index (κ1) is 14.3. The highest BCUT2D eigenvalue weighted by atomic mass is 16.1. The van der Waals surface area contributed by atoms with Crippen LogP contribution in [0.1, 0.15) is 38.3 Å². The number of hydrogen-bond acceptors (Lipinski definition) is 2. The summed E-state index contributed by atoms with van der Waals surface area (Å²) in [6, 6.07) is 4.03. The zero-order chi connectivity index (χ0) is 14.9. The molecule has 20 heavy (non-hydrogen) atoms. The maximum atomic E-state index is 12.5. The number of hydrogen-bond donors (Lipinski definition) is 1. The molecule has 106 valence electrons. The molecule has 0 aliphatic carbocycles. The summed E-state index contributed by atoms with van der Waals surface area (Å²) in [5.74, 6) is -0.0204. The molecule has 1 amide bonds. The monoisotopic (exact) mass is 271 g/mol. The Hall–Kier alpha value is -2.10. The topological polar surface area (TPSA) is 46.9 Å². The van der Waals surface area contributed by atoms with Crippen LogP contribution in [0.4, 0.5) is 0 Å². The van der Waals surface area contributed by atoms with Gasteiger partial charge >= 0.3 is 0 Å². The largest absolute Gasteiger partial charge is 0.346 e. The Morgan fingerprint density at radius 2 is 1.80 bits per heavy atom. The first-order valence-electron chi connectivity index (χ1n) is 6.74. The summed E-state index contributed by atoms with van der Waals surface area (Å²) in [5, 5.41) is 7.07. The van der Waals surface area contributed by atoms with Crippen molar-refractivity contribution in [2.75, 3.05) is 0 Å². The van der Waals surface area contributed by atoms with Crippen molar-refractivity contribution in [2.45, 2.75) is 34.2 Å². The molecule has 0 aliphatic rings. The third-order valence-corrected chi connectivity index (χ3v) is 3.95. The van der Waals surface area contributed by atoms with Crippen molar-refractivity contribution in [3.05, 3.63) is 51.8 Å². The third-order valence-electron chi connectivity index (χ3n) is 3.95. The highest BCUT2D eigenvalue weighted by molar-refractivity contribution is 5.97. The van der Waals surface area contributed by atoms with E-state index in [1.54, 1.807) is 10.9 Å². The number of amides is 1. The number of rotatable bonds is 3. The van der Waals surface area contributed by atoms with Gasteiger partial charge in [-0.2, -0.15) is 5.10 Å². The minimum absolute atomic E-state index is 0.0204. The normalized spacial score (nSPS) is 10.7. The lowest BCUT2D eigenvalue weighted by molar-refractivity contribution is 0.0948. The van der Waals surface area contributed by atoms with E-state index in [-0.39, 0.29) is 5.91 Å². The minimum atomic E-state index is -0.0204. The predicted molar refractivity (Wildman–Crippen MR) is 79.8 cm³/mol. The Kier molecular flexibility index (Phi) is 3.93. The molecule has 2 rings (SSSR count). The van der Waals surface area contributed by atoms with Gasteiger partial charge in [0.15, 0.2) is 0 Å². The molecule has 0 bridgehead atoms. The summed E-state index contributed by atoms with van der Waals surface area (Å²) in [4.78, 5) is 12.5. The molecule has 2 aromatic rings. The molecular weight excluding hydrogens is 250 g/mol. The Balaban J connectivity index is 2.24. The van der Waals surface area contributed by atoms with Crippen LogP contribution in [0.25, 0.3) is 0 Å². The van der Waals surface area contributed by atoms with E-state index in [1.807, 2.05) is 40.8 Å². The number of aromatic nitrogens is 2. The number of benzene rings is 1. The second kappa shape index (κ2) is 5.49. The van der Waals surface area contributed by atoms with Gasteiger partial charge < -0.3 is 5.32 Å². The van der Waals surface area contributed by atoms with Gasteiger partial charge in [0.2, 0.25) is 0 Å². The second-order valence-electron chi connectivity index (χ2n) is 5.26. The number of carbonyl (C=O) groups is 1.